The number of nitrogens with zero attached hydrogens (tertiary/aromatic N) is 4. The highest BCUT2D eigenvalue weighted by Crippen LogP contribution is 2.20. The second-order valence-corrected chi connectivity index (χ2v) is 5.11. The lowest BCUT2D eigenvalue weighted by atomic mass is 10.5. The molecule has 0 aromatic carbocycles. The van der Waals surface area contributed by atoms with Gasteiger partial charge in [0.15, 0.2) is 0 Å². The lowest BCUT2D eigenvalue weighted by Crippen LogP contribution is -2.00. The van der Waals surface area contributed by atoms with Crippen molar-refractivity contribution >= 4 is 33.9 Å². The molecule has 0 aliphatic carbocycles. The molecular weight excluding hydrogens is 282 g/mol. The Balaban J connectivity index is 1.79. The zero-order valence-electron chi connectivity index (χ0n) is 10.3. The highest BCUT2D eigenvalue weighted by atomic mass is 35.5. The molecule has 0 bridgehead atoms. The van der Waals surface area contributed by atoms with Crippen LogP contribution in [0.1, 0.15) is 18.4 Å². The summed E-state index contributed by atoms with van der Waals surface area (Å²) in [7, 11) is 0. The van der Waals surface area contributed by atoms with Crippen molar-refractivity contribution in [2.45, 2.75) is 19.9 Å². The number of pyridine rings is 1. The number of hydrogen-bond donors (Lipinski definition) is 1. The number of rotatable bonds is 4. The molecule has 3 rings (SSSR count). The van der Waals surface area contributed by atoms with Crippen LogP contribution in [-0.2, 0) is 13.0 Å². The van der Waals surface area contributed by atoms with E-state index in [0.717, 1.165) is 28.7 Å². The second-order valence-electron chi connectivity index (χ2n) is 4.00. The number of nitrogens with one attached hydrogen (secondary N) is 1. The van der Waals surface area contributed by atoms with E-state index < -0.39 is 0 Å². The van der Waals surface area contributed by atoms with Crippen molar-refractivity contribution in [3.8, 4) is 0 Å². The van der Waals surface area contributed by atoms with Gasteiger partial charge in [-0.1, -0.05) is 24.6 Å². The van der Waals surface area contributed by atoms with Gasteiger partial charge >= 0.3 is 0 Å². The largest absolute Gasteiger partial charge is 0.355 e. The van der Waals surface area contributed by atoms with Crippen LogP contribution in [0.15, 0.2) is 24.4 Å². The minimum Gasteiger partial charge on any atom is -0.355 e. The van der Waals surface area contributed by atoms with Gasteiger partial charge in [0.2, 0.25) is 5.13 Å². The highest BCUT2D eigenvalue weighted by molar-refractivity contribution is 7.09. The van der Waals surface area contributed by atoms with Crippen LogP contribution in [-0.4, -0.2) is 18.7 Å². The van der Waals surface area contributed by atoms with E-state index in [4.69, 9.17) is 11.6 Å². The first-order chi connectivity index (χ1) is 9.28. The third-order valence-corrected chi connectivity index (χ3v) is 3.84. The summed E-state index contributed by atoms with van der Waals surface area (Å²) in [5.41, 5.74) is 1.65. The van der Waals surface area contributed by atoms with Gasteiger partial charge in [-0.25, -0.2) is 9.97 Å². The molecule has 3 aromatic heterocycles. The fourth-order valence-corrected chi connectivity index (χ4v) is 2.65. The fraction of sp³-hybridized carbons (Fsp3) is 0.250. The van der Waals surface area contributed by atoms with Crippen molar-refractivity contribution in [1.29, 1.82) is 0 Å². The average Bonchev–Trinajstić information content (AvgIpc) is 3.02. The number of aromatic nitrogens is 4. The zero-order valence-corrected chi connectivity index (χ0v) is 11.9. The molecule has 0 saturated carbocycles. The summed E-state index contributed by atoms with van der Waals surface area (Å²) in [6.07, 6.45) is 2.74. The Hall–Kier alpha value is -1.66. The van der Waals surface area contributed by atoms with E-state index in [9.17, 15) is 0 Å². The summed E-state index contributed by atoms with van der Waals surface area (Å²) in [4.78, 5) is 8.83. The van der Waals surface area contributed by atoms with Gasteiger partial charge < -0.3 is 5.32 Å². The molecule has 0 saturated heterocycles. The summed E-state index contributed by atoms with van der Waals surface area (Å²) in [6.45, 7) is 2.57. The molecule has 3 aromatic rings. The third-order valence-electron chi connectivity index (χ3n) is 2.73. The van der Waals surface area contributed by atoms with E-state index in [-0.39, 0.29) is 0 Å². The normalized spacial score (nSPS) is 11.1. The lowest BCUT2D eigenvalue weighted by Gasteiger charge is -1.99. The number of aryl methyl sites for hydroxylation is 1. The van der Waals surface area contributed by atoms with E-state index >= 15 is 0 Å². The van der Waals surface area contributed by atoms with Crippen LogP contribution in [0.5, 0.6) is 0 Å². The van der Waals surface area contributed by atoms with Gasteiger partial charge in [-0.15, -0.1) is 0 Å². The van der Waals surface area contributed by atoms with E-state index in [1.165, 1.54) is 11.5 Å². The molecule has 0 fully saturated rings. The molecule has 7 heteroatoms. The monoisotopic (exact) mass is 293 g/mol. The third kappa shape index (κ3) is 2.41. The summed E-state index contributed by atoms with van der Waals surface area (Å²) in [5.74, 6) is 0.855. The fourth-order valence-electron chi connectivity index (χ4n) is 1.76. The number of halogens is 1. The van der Waals surface area contributed by atoms with E-state index in [2.05, 4.69) is 19.7 Å². The van der Waals surface area contributed by atoms with Gasteiger partial charge in [-0.05, 0) is 12.1 Å². The SMILES string of the molecule is CCc1nsc(NCc2nc3ccccn3c2Cl)n1. The van der Waals surface area contributed by atoms with Gasteiger partial charge in [-0.3, -0.25) is 4.40 Å². The molecular formula is C12H12ClN5S. The molecule has 19 heavy (non-hydrogen) atoms. The van der Waals surface area contributed by atoms with Crippen LogP contribution >= 0.6 is 23.1 Å². The predicted molar refractivity (Wildman–Crippen MR) is 76.8 cm³/mol. The van der Waals surface area contributed by atoms with Crippen molar-refractivity contribution < 1.29 is 0 Å². The molecule has 0 aliphatic rings. The summed E-state index contributed by atoms with van der Waals surface area (Å²) in [6, 6.07) is 5.79. The molecule has 1 N–H and O–H groups in total. The van der Waals surface area contributed by atoms with Crippen LogP contribution in [0.2, 0.25) is 5.15 Å². The Morgan fingerprint density at radius 3 is 3.00 bits per heavy atom. The summed E-state index contributed by atoms with van der Waals surface area (Å²) in [5, 5.41) is 4.63. The number of imidazole rings is 1. The second kappa shape index (κ2) is 5.14. The van der Waals surface area contributed by atoms with Crippen molar-refractivity contribution in [3.63, 3.8) is 0 Å². The molecule has 0 radical (unpaired) electrons. The standard InChI is InChI=1S/C12H12ClN5S/c1-2-9-16-12(19-17-9)14-7-8-11(13)18-6-4-3-5-10(18)15-8/h3-6H,2,7H2,1H3,(H,14,16,17). The molecule has 0 aliphatic heterocycles. The van der Waals surface area contributed by atoms with Gasteiger partial charge in [0.1, 0.15) is 16.6 Å². The first-order valence-electron chi connectivity index (χ1n) is 5.96. The van der Waals surface area contributed by atoms with Crippen LogP contribution in [0, 0.1) is 0 Å². The van der Waals surface area contributed by atoms with Crippen molar-refractivity contribution in [3.05, 3.63) is 41.1 Å². The topological polar surface area (TPSA) is 55.1 Å². The minimum absolute atomic E-state index is 0.541. The van der Waals surface area contributed by atoms with Crippen LogP contribution in [0.25, 0.3) is 5.65 Å². The molecule has 0 unspecified atom stereocenters. The smallest absolute Gasteiger partial charge is 0.202 e. The van der Waals surface area contributed by atoms with Crippen molar-refractivity contribution in [2.24, 2.45) is 0 Å². The van der Waals surface area contributed by atoms with Gasteiger partial charge in [0.05, 0.1) is 12.2 Å². The Kier molecular flexibility index (Phi) is 3.35. The summed E-state index contributed by atoms with van der Waals surface area (Å²) < 4.78 is 6.08. The number of anilines is 1. The van der Waals surface area contributed by atoms with Crippen LogP contribution < -0.4 is 5.32 Å². The van der Waals surface area contributed by atoms with Crippen LogP contribution in [0.3, 0.4) is 0 Å². The van der Waals surface area contributed by atoms with Crippen molar-refractivity contribution in [1.82, 2.24) is 18.7 Å². The molecule has 0 atom stereocenters. The van der Waals surface area contributed by atoms with Gasteiger partial charge in [0, 0.05) is 24.2 Å². The summed E-state index contributed by atoms with van der Waals surface area (Å²) >= 11 is 7.64. The number of fused-ring (bicyclic) bond motifs is 1. The first-order valence-corrected chi connectivity index (χ1v) is 7.11. The molecule has 0 spiro atoms. The quantitative estimate of drug-likeness (QED) is 0.803. The van der Waals surface area contributed by atoms with Crippen LogP contribution in [0.4, 0.5) is 5.13 Å². The Bertz CT molecular complexity index is 705. The molecule has 5 nitrogen and oxygen atoms in total. The Labute approximate surface area is 119 Å². The van der Waals surface area contributed by atoms with E-state index in [1.54, 1.807) is 0 Å². The Morgan fingerprint density at radius 1 is 1.37 bits per heavy atom. The average molecular weight is 294 g/mol. The number of hydrogen-bond acceptors (Lipinski definition) is 5. The maximum Gasteiger partial charge on any atom is 0.202 e. The molecule has 98 valence electrons. The Morgan fingerprint density at radius 2 is 2.26 bits per heavy atom. The maximum absolute atomic E-state index is 6.28. The predicted octanol–water partition coefficient (Wildman–Crippen LogP) is 3.01. The first kappa shape index (κ1) is 12.4. The molecule has 3 heterocycles. The van der Waals surface area contributed by atoms with Gasteiger partial charge in [-0.2, -0.15) is 4.37 Å². The minimum atomic E-state index is 0.541. The van der Waals surface area contributed by atoms with E-state index in [1.807, 2.05) is 35.7 Å². The lowest BCUT2D eigenvalue weighted by molar-refractivity contribution is 0.988. The molecule has 0 amide bonds. The zero-order chi connectivity index (χ0) is 13.2. The highest BCUT2D eigenvalue weighted by Gasteiger charge is 2.10. The van der Waals surface area contributed by atoms with E-state index in [0.29, 0.717) is 11.7 Å². The maximum atomic E-state index is 6.28. The van der Waals surface area contributed by atoms with Gasteiger partial charge in [0.25, 0.3) is 0 Å². The van der Waals surface area contributed by atoms with Crippen molar-refractivity contribution in [2.75, 3.05) is 5.32 Å².